The van der Waals surface area contributed by atoms with E-state index < -0.39 is 28.8 Å². The highest BCUT2D eigenvalue weighted by molar-refractivity contribution is 7.89. The molecule has 1 aromatic carbocycles. The molecule has 0 radical (unpaired) electrons. The quantitative estimate of drug-likeness (QED) is 0.927. The Morgan fingerprint density at radius 2 is 2.00 bits per heavy atom. The number of anilines is 1. The van der Waals surface area contributed by atoms with Crippen LogP contribution in [0.25, 0.3) is 0 Å². The molecule has 0 saturated carbocycles. The number of nitrogens with zero attached hydrogens (tertiary/aromatic N) is 1. The molecule has 1 aromatic rings. The highest BCUT2D eigenvalue weighted by Gasteiger charge is 2.38. The zero-order valence-electron chi connectivity index (χ0n) is 11.7. The fourth-order valence-electron chi connectivity index (χ4n) is 2.29. The summed E-state index contributed by atoms with van der Waals surface area (Å²) >= 11 is 0. The van der Waals surface area contributed by atoms with Crippen LogP contribution in [0, 0.1) is 0 Å². The molecule has 0 aliphatic carbocycles. The lowest BCUT2D eigenvalue weighted by atomic mass is 10.2. The summed E-state index contributed by atoms with van der Waals surface area (Å²) in [5.41, 5.74) is 1.65. The van der Waals surface area contributed by atoms with Gasteiger partial charge in [0, 0.05) is 18.3 Å². The fourth-order valence-corrected chi connectivity index (χ4v) is 3.94. The van der Waals surface area contributed by atoms with Crippen molar-refractivity contribution in [2.24, 2.45) is 0 Å². The van der Waals surface area contributed by atoms with Crippen LogP contribution in [0.15, 0.2) is 23.1 Å². The molecule has 0 unspecified atom stereocenters. The molecule has 0 bridgehead atoms. The normalized spacial score (nSPS) is 15.4. The van der Waals surface area contributed by atoms with Gasteiger partial charge in [0.1, 0.15) is 6.54 Å². The van der Waals surface area contributed by atoms with Crippen LogP contribution >= 0.6 is 0 Å². The fraction of sp³-hybridized carbons (Fsp3) is 0.538. The average molecular weight is 322 g/mol. The molecule has 0 aromatic heterocycles. The third-order valence-corrected chi connectivity index (χ3v) is 5.33. The van der Waals surface area contributed by atoms with Gasteiger partial charge in [-0.1, -0.05) is 6.07 Å². The minimum absolute atomic E-state index is 0.117. The second-order valence-corrected chi connectivity index (χ2v) is 7.15. The zero-order valence-corrected chi connectivity index (χ0v) is 12.6. The molecule has 1 aliphatic rings. The van der Waals surface area contributed by atoms with E-state index in [9.17, 15) is 21.6 Å². The maximum atomic E-state index is 12.6. The second kappa shape index (κ2) is 5.49. The van der Waals surface area contributed by atoms with Crippen LogP contribution in [0.2, 0.25) is 0 Å². The van der Waals surface area contributed by atoms with Gasteiger partial charge in [-0.3, -0.25) is 0 Å². The number of sulfonamides is 1. The molecule has 4 nitrogen and oxygen atoms in total. The van der Waals surface area contributed by atoms with Gasteiger partial charge in [-0.25, -0.2) is 8.42 Å². The summed E-state index contributed by atoms with van der Waals surface area (Å²) in [6.07, 6.45) is -3.79. The number of alkyl halides is 3. The minimum atomic E-state index is -4.58. The first-order valence-corrected chi connectivity index (χ1v) is 8.00. The summed E-state index contributed by atoms with van der Waals surface area (Å²) < 4.78 is 63.2. The van der Waals surface area contributed by atoms with Gasteiger partial charge in [0.15, 0.2) is 0 Å². The van der Waals surface area contributed by atoms with E-state index in [1.54, 1.807) is 6.07 Å². The predicted octanol–water partition coefficient (Wildman–Crippen LogP) is 2.62. The van der Waals surface area contributed by atoms with Crippen molar-refractivity contribution in [3.8, 4) is 0 Å². The van der Waals surface area contributed by atoms with Gasteiger partial charge in [-0.2, -0.15) is 17.5 Å². The molecule has 2 rings (SSSR count). The molecular formula is C13H17F3N2O2S. The predicted molar refractivity (Wildman–Crippen MR) is 73.7 cm³/mol. The van der Waals surface area contributed by atoms with Crippen molar-refractivity contribution in [2.45, 2.75) is 37.4 Å². The summed E-state index contributed by atoms with van der Waals surface area (Å²) in [7, 11) is -4.18. The Labute approximate surface area is 122 Å². The van der Waals surface area contributed by atoms with Crippen molar-refractivity contribution in [3.63, 3.8) is 0 Å². The molecular weight excluding hydrogens is 305 g/mol. The zero-order chi connectivity index (χ0) is 15.8. The Morgan fingerprint density at radius 1 is 1.33 bits per heavy atom. The number of nitrogens with one attached hydrogen (secondary N) is 1. The Kier molecular flexibility index (Phi) is 4.21. The van der Waals surface area contributed by atoms with Crippen LogP contribution in [0.1, 0.15) is 19.4 Å². The largest absolute Gasteiger partial charge is 0.402 e. The van der Waals surface area contributed by atoms with E-state index >= 15 is 0 Å². The molecule has 1 heterocycles. The Balaban J connectivity index is 2.39. The lowest BCUT2D eigenvalue weighted by Crippen LogP contribution is -2.43. The van der Waals surface area contributed by atoms with Crippen molar-refractivity contribution in [2.75, 3.05) is 18.4 Å². The van der Waals surface area contributed by atoms with Crippen LogP contribution in [0.4, 0.5) is 18.9 Å². The summed E-state index contributed by atoms with van der Waals surface area (Å²) in [6, 6.07) is 3.64. The monoisotopic (exact) mass is 322 g/mol. The summed E-state index contributed by atoms with van der Waals surface area (Å²) in [5, 5.41) is 3.02. The lowest BCUT2D eigenvalue weighted by molar-refractivity contribution is -0.138. The second-order valence-electron chi connectivity index (χ2n) is 5.25. The van der Waals surface area contributed by atoms with E-state index in [2.05, 4.69) is 5.32 Å². The van der Waals surface area contributed by atoms with Gasteiger partial charge in [0.2, 0.25) is 10.0 Å². The first-order valence-electron chi connectivity index (χ1n) is 6.56. The number of fused-ring (bicyclic) bond motifs is 1. The smallest absolute Gasteiger partial charge is 0.384 e. The molecule has 1 aliphatic heterocycles. The minimum Gasteiger partial charge on any atom is -0.384 e. The van der Waals surface area contributed by atoms with Crippen molar-refractivity contribution < 1.29 is 21.6 Å². The number of halogens is 3. The number of hydrogen-bond donors (Lipinski definition) is 1. The first kappa shape index (κ1) is 16.1. The lowest BCUT2D eigenvalue weighted by Gasteiger charge is -2.27. The molecule has 0 saturated heterocycles. The molecule has 0 spiro atoms. The van der Waals surface area contributed by atoms with E-state index in [0.29, 0.717) is 16.5 Å². The average Bonchev–Trinajstić information content (AvgIpc) is 2.81. The standard InChI is InChI=1S/C13H17F3N2O2S/c1-9(2)18(8-13(14,15)16)21(19,20)11-4-3-10-5-6-17-12(10)7-11/h3-4,7,9,17H,5-6,8H2,1-2H3. The maximum Gasteiger partial charge on any atom is 0.402 e. The molecule has 21 heavy (non-hydrogen) atoms. The molecule has 1 N–H and O–H groups in total. The van der Waals surface area contributed by atoms with Crippen LogP contribution in [0.5, 0.6) is 0 Å². The Hall–Kier alpha value is -1.28. The summed E-state index contributed by atoms with van der Waals surface area (Å²) in [5.74, 6) is 0. The number of rotatable bonds is 4. The van der Waals surface area contributed by atoms with Crippen molar-refractivity contribution in [1.29, 1.82) is 0 Å². The van der Waals surface area contributed by atoms with Gasteiger partial charge in [0.25, 0.3) is 0 Å². The maximum absolute atomic E-state index is 12.6. The third kappa shape index (κ3) is 3.49. The van der Waals surface area contributed by atoms with Gasteiger partial charge in [-0.05, 0) is 38.0 Å². The molecule has 118 valence electrons. The van der Waals surface area contributed by atoms with Crippen molar-refractivity contribution in [3.05, 3.63) is 23.8 Å². The highest BCUT2D eigenvalue weighted by atomic mass is 32.2. The van der Waals surface area contributed by atoms with Crippen LogP contribution in [-0.4, -0.2) is 38.0 Å². The van der Waals surface area contributed by atoms with Gasteiger partial charge < -0.3 is 5.32 Å². The van der Waals surface area contributed by atoms with Gasteiger partial charge in [-0.15, -0.1) is 0 Å². The first-order chi connectivity index (χ1) is 9.61. The third-order valence-electron chi connectivity index (χ3n) is 3.31. The molecule has 0 atom stereocenters. The Bertz CT molecular complexity index is 627. The van der Waals surface area contributed by atoms with Gasteiger partial charge >= 0.3 is 6.18 Å². The van der Waals surface area contributed by atoms with Crippen molar-refractivity contribution in [1.82, 2.24) is 4.31 Å². The number of benzene rings is 1. The van der Waals surface area contributed by atoms with Crippen LogP contribution < -0.4 is 5.32 Å². The molecule has 0 fully saturated rings. The van der Waals surface area contributed by atoms with E-state index in [-0.39, 0.29) is 4.90 Å². The van der Waals surface area contributed by atoms with E-state index in [4.69, 9.17) is 0 Å². The number of hydrogen-bond acceptors (Lipinski definition) is 3. The van der Waals surface area contributed by atoms with Crippen molar-refractivity contribution >= 4 is 15.7 Å². The van der Waals surface area contributed by atoms with E-state index in [1.807, 2.05) is 0 Å². The van der Waals surface area contributed by atoms with E-state index in [1.165, 1.54) is 26.0 Å². The molecule has 0 amide bonds. The topological polar surface area (TPSA) is 49.4 Å². The SMILES string of the molecule is CC(C)N(CC(F)(F)F)S(=O)(=O)c1ccc2c(c1)NCC2. The van der Waals surface area contributed by atoms with E-state index in [0.717, 1.165) is 12.0 Å². The van der Waals surface area contributed by atoms with Crippen LogP contribution in [-0.2, 0) is 16.4 Å². The molecule has 8 heteroatoms. The Morgan fingerprint density at radius 3 is 2.57 bits per heavy atom. The van der Waals surface area contributed by atoms with Crippen LogP contribution in [0.3, 0.4) is 0 Å². The van der Waals surface area contributed by atoms with Gasteiger partial charge in [0.05, 0.1) is 4.90 Å². The summed E-state index contributed by atoms with van der Waals surface area (Å²) in [6.45, 7) is 2.07. The summed E-state index contributed by atoms with van der Waals surface area (Å²) in [4.78, 5) is -0.117. The highest BCUT2D eigenvalue weighted by Crippen LogP contribution is 2.29.